The molecule has 1 aliphatic carbocycles. The molecule has 1 heterocycles. The SMILES string of the molecule is N#CC1(c2c[nH]c3cccc(F)c23)CCC1. The Bertz CT molecular complexity index is 587. The molecule has 2 aromatic rings. The van der Waals surface area contributed by atoms with E-state index in [4.69, 9.17) is 0 Å². The second-order valence-electron chi connectivity index (χ2n) is 4.41. The van der Waals surface area contributed by atoms with Crippen molar-refractivity contribution in [2.24, 2.45) is 0 Å². The highest BCUT2D eigenvalue weighted by Crippen LogP contribution is 2.46. The predicted molar refractivity (Wildman–Crippen MR) is 59.4 cm³/mol. The summed E-state index contributed by atoms with van der Waals surface area (Å²) in [6.07, 6.45) is 4.51. The molecule has 80 valence electrons. The Morgan fingerprint density at radius 3 is 2.81 bits per heavy atom. The molecule has 0 spiro atoms. The fourth-order valence-electron chi connectivity index (χ4n) is 2.49. The van der Waals surface area contributed by atoms with E-state index in [1.807, 2.05) is 6.07 Å². The molecule has 1 fully saturated rings. The van der Waals surface area contributed by atoms with Crippen molar-refractivity contribution < 1.29 is 4.39 Å². The molecule has 0 bridgehead atoms. The Kier molecular flexibility index (Phi) is 1.81. The average molecular weight is 214 g/mol. The van der Waals surface area contributed by atoms with Gasteiger partial charge in [-0.15, -0.1) is 0 Å². The number of hydrogen-bond acceptors (Lipinski definition) is 1. The lowest BCUT2D eigenvalue weighted by Crippen LogP contribution is -2.32. The minimum Gasteiger partial charge on any atom is -0.361 e. The van der Waals surface area contributed by atoms with Crippen LogP contribution >= 0.6 is 0 Å². The van der Waals surface area contributed by atoms with Gasteiger partial charge in [-0.1, -0.05) is 6.07 Å². The van der Waals surface area contributed by atoms with Crippen LogP contribution in [-0.2, 0) is 5.41 Å². The average Bonchev–Trinajstić information content (AvgIpc) is 2.63. The second-order valence-corrected chi connectivity index (χ2v) is 4.41. The van der Waals surface area contributed by atoms with Crippen molar-refractivity contribution in [3.63, 3.8) is 0 Å². The zero-order chi connectivity index (χ0) is 11.2. The third-order valence-corrected chi connectivity index (χ3v) is 3.59. The molecule has 0 aliphatic heterocycles. The van der Waals surface area contributed by atoms with Crippen LogP contribution in [0.15, 0.2) is 24.4 Å². The maximum Gasteiger partial charge on any atom is 0.132 e. The Balaban J connectivity index is 2.29. The van der Waals surface area contributed by atoms with Gasteiger partial charge < -0.3 is 4.98 Å². The van der Waals surface area contributed by atoms with Crippen LogP contribution in [0.3, 0.4) is 0 Å². The van der Waals surface area contributed by atoms with Gasteiger partial charge in [0.2, 0.25) is 0 Å². The molecule has 1 N–H and O–H groups in total. The van der Waals surface area contributed by atoms with Crippen molar-refractivity contribution in [2.45, 2.75) is 24.7 Å². The molecule has 16 heavy (non-hydrogen) atoms. The summed E-state index contributed by atoms with van der Waals surface area (Å²) in [7, 11) is 0. The van der Waals surface area contributed by atoms with Crippen molar-refractivity contribution in [1.29, 1.82) is 5.26 Å². The number of nitriles is 1. The molecular weight excluding hydrogens is 203 g/mol. The maximum absolute atomic E-state index is 13.8. The Morgan fingerprint density at radius 1 is 1.38 bits per heavy atom. The number of rotatable bonds is 1. The summed E-state index contributed by atoms with van der Waals surface area (Å²) in [6.45, 7) is 0. The van der Waals surface area contributed by atoms with Crippen LogP contribution in [0.2, 0.25) is 0 Å². The van der Waals surface area contributed by atoms with Gasteiger partial charge in [-0.3, -0.25) is 0 Å². The number of aromatic amines is 1. The van der Waals surface area contributed by atoms with Gasteiger partial charge in [0.15, 0.2) is 0 Å². The largest absolute Gasteiger partial charge is 0.361 e. The molecule has 2 nitrogen and oxygen atoms in total. The molecule has 3 rings (SSSR count). The van der Waals surface area contributed by atoms with Crippen molar-refractivity contribution >= 4 is 10.9 Å². The van der Waals surface area contributed by atoms with Crippen molar-refractivity contribution in [2.75, 3.05) is 0 Å². The summed E-state index contributed by atoms with van der Waals surface area (Å²) in [4.78, 5) is 3.05. The van der Waals surface area contributed by atoms with Crippen LogP contribution in [0.25, 0.3) is 10.9 Å². The first kappa shape index (κ1) is 9.41. The molecule has 0 unspecified atom stereocenters. The lowest BCUT2D eigenvalue weighted by molar-refractivity contribution is 0.326. The van der Waals surface area contributed by atoms with Gasteiger partial charge in [-0.2, -0.15) is 5.26 Å². The topological polar surface area (TPSA) is 39.6 Å². The number of fused-ring (bicyclic) bond motifs is 1. The first-order valence-electron chi connectivity index (χ1n) is 5.44. The van der Waals surface area contributed by atoms with Gasteiger partial charge in [0.1, 0.15) is 5.82 Å². The first-order valence-corrected chi connectivity index (χ1v) is 5.44. The molecule has 1 saturated carbocycles. The van der Waals surface area contributed by atoms with Gasteiger partial charge in [0.05, 0.1) is 11.5 Å². The highest BCUT2D eigenvalue weighted by atomic mass is 19.1. The quantitative estimate of drug-likeness (QED) is 0.777. The van der Waals surface area contributed by atoms with E-state index in [0.717, 1.165) is 30.3 Å². The number of H-pyrrole nitrogens is 1. The van der Waals surface area contributed by atoms with E-state index in [-0.39, 0.29) is 5.82 Å². The molecule has 0 amide bonds. The van der Waals surface area contributed by atoms with Crippen molar-refractivity contribution in [3.05, 3.63) is 35.8 Å². The monoisotopic (exact) mass is 214 g/mol. The van der Waals surface area contributed by atoms with E-state index >= 15 is 0 Å². The summed E-state index contributed by atoms with van der Waals surface area (Å²) in [5.74, 6) is -0.240. The molecule has 0 saturated heterocycles. The fourth-order valence-corrected chi connectivity index (χ4v) is 2.49. The number of nitrogens with one attached hydrogen (secondary N) is 1. The number of benzene rings is 1. The van der Waals surface area contributed by atoms with Crippen molar-refractivity contribution in [3.8, 4) is 6.07 Å². The number of hydrogen-bond donors (Lipinski definition) is 1. The van der Waals surface area contributed by atoms with E-state index in [2.05, 4.69) is 11.1 Å². The summed E-state index contributed by atoms with van der Waals surface area (Å²) in [5, 5.41) is 9.86. The molecule has 1 aromatic heterocycles. The fraction of sp³-hybridized carbons (Fsp3) is 0.308. The third kappa shape index (κ3) is 1.04. The Labute approximate surface area is 92.7 Å². The highest BCUT2D eigenvalue weighted by molar-refractivity contribution is 5.85. The summed E-state index contributed by atoms with van der Waals surface area (Å²) >= 11 is 0. The summed E-state index contributed by atoms with van der Waals surface area (Å²) in [5.41, 5.74) is 1.14. The summed E-state index contributed by atoms with van der Waals surface area (Å²) < 4.78 is 13.8. The van der Waals surface area contributed by atoms with E-state index in [1.165, 1.54) is 6.07 Å². The normalized spacial score (nSPS) is 18.0. The lowest BCUT2D eigenvalue weighted by atomic mass is 9.65. The van der Waals surface area contributed by atoms with Gasteiger partial charge in [-0.25, -0.2) is 4.39 Å². The van der Waals surface area contributed by atoms with Crippen LogP contribution in [0.4, 0.5) is 4.39 Å². The maximum atomic E-state index is 13.8. The van der Waals surface area contributed by atoms with Gasteiger partial charge in [0, 0.05) is 22.7 Å². The van der Waals surface area contributed by atoms with Gasteiger partial charge in [0.25, 0.3) is 0 Å². The number of halogens is 1. The molecule has 3 heteroatoms. The highest BCUT2D eigenvalue weighted by Gasteiger charge is 2.41. The lowest BCUT2D eigenvalue weighted by Gasteiger charge is -2.35. The summed E-state index contributed by atoms with van der Waals surface area (Å²) in [6, 6.07) is 7.32. The van der Waals surface area contributed by atoms with Crippen LogP contribution in [-0.4, -0.2) is 4.98 Å². The van der Waals surface area contributed by atoms with Crippen LogP contribution in [0.5, 0.6) is 0 Å². The van der Waals surface area contributed by atoms with E-state index in [9.17, 15) is 9.65 Å². The van der Waals surface area contributed by atoms with Crippen LogP contribution in [0, 0.1) is 17.1 Å². The van der Waals surface area contributed by atoms with E-state index in [1.54, 1.807) is 12.3 Å². The van der Waals surface area contributed by atoms with Crippen molar-refractivity contribution in [1.82, 2.24) is 4.98 Å². The molecule has 1 aromatic carbocycles. The predicted octanol–water partition coefficient (Wildman–Crippen LogP) is 3.25. The second kappa shape index (κ2) is 3.08. The molecule has 0 atom stereocenters. The van der Waals surface area contributed by atoms with E-state index in [0.29, 0.717) is 5.39 Å². The van der Waals surface area contributed by atoms with E-state index < -0.39 is 5.41 Å². The van der Waals surface area contributed by atoms with Crippen LogP contribution < -0.4 is 0 Å². The molecule has 0 radical (unpaired) electrons. The zero-order valence-corrected chi connectivity index (χ0v) is 8.76. The molecular formula is C13H11FN2. The standard InChI is InChI=1S/C13H11FN2/c14-10-3-1-4-11-12(10)9(7-16-11)13(8-15)5-2-6-13/h1,3-4,7,16H,2,5-6H2. The third-order valence-electron chi connectivity index (χ3n) is 3.59. The van der Waals surface area contributed by atoms with Gasteiger partial charge in [-0.05, 0) is 31.4 Å². The minimum atomic E-state index is -0.458. The van der Waals surface area contributed by atoms with Crippen LogP contribution in [0.1, 0.15) is 24.8 Å². The Morgan fingerprint density at radius 2 is 2.19 bits per heavy atom. The zero-order valence-electron chi connectivity index (χ0n) is 8.76. The minimum absolute atomic E-state index is 0.240. The Hall–Kier alpha value is -1.82. The molecule has 1 aliphatic rings. The number of nitrogens with zero attached hydrogens (tertiary/aromatic N) is 1. The number of aromatic nitrogens is 1. The smallest absolute Gasteiger partial charge is 0.132 e. The first-order chi connectivity index (χ1) is 7.77. The van der Waals surface area contributed by atoms with Gasteiger partial charge >= 0.3 is 0 Å².